The zero-order valence-corrected chi connectivity index (χ0v) is 33.3. The van der Waals surface area contributed by atoms with Crippen LogP contribution in [0.25, 0.3) is 71.6 Å². The lowest BCUT2D eigenvalue weighted by molar-refractivity contribution is 0.801. The number of para-hydroxylation sites is 3. The van der Waals surface area contributed by atoms with E-state index in [4.69, 9.17) is 0 Å². The van der Waals surface area contributed by atoms with Crippen LogP contribution in [0.4, 0.5) is 17.1 Å². The molecule has 2 aliphatic rings. The van der Waals surface area contributed by atoms with E-state index in [1.165, 1.54) is 88.2 Å². The quantitative estimate of drug-likeness (QED) is 0.169. The van der Waals surface area contributed by atoms with E-state index < -0.39 is 5.41 Å². The van der Waals surface area contributed by atoms with E-state index in [2.05, 4.69) is 240 Å². The SMILES string of the molecule is c1ccc(-c2ccccc2N(c2ccc3c(c2)C2(c4ccccc4-c4ccccc42)c2c-3ccc3ccccc23)c2ccc3c4ccccc4n(-c4ccccc4)c3c2)cc1. The molecule has 0 amide bonds. The van der Waals surface area contributed by atoms with Gasteiger partial charge in [-0.1, -0.05) is 182 Å². The van der Waals surface area contributed by atoms with Crippen molar-refractivity contribution in [1.82, 2.24) is 4.57 Å². The molecule has 11 aromatic rings. The predicted octanol–water partition coefficient (Wildman–Crippen LogP) is 15.4. The van der Waals surface area contributed by atoms with Gasteiger partial charge in [0, 0.05) is 33.4 Å². The van der Waals surface area contributed by atoms with Crippen LogP contribution in [0.3, 0.4) is 0 Å². The molecule has 1 aromatic heterocycles. The maximum atomic E-state index is 2.52. The van der Waals surface area contributed by atoms with Crippen LogP contribution >= 0.6 is 0 Å². The van der Waals surface area contributed by atoms with Gasteiger partial charge >= 0.3 is 0 Å². The molecule has 0 saturated carbocycles. The van der Waals surface area contributed by atoms with Crippen molar-refractivity contribution in [2.24, 2.45) is 0 Å². The number of hydrogen-bond acceptors (Lipinski definition) is 1. The lowest BCUT2D eigenvalue weighted by Gasteiger charge is -2.33. The molecule has 10 aromatic carbocycles. The number of fused-ring (bicyclic) bond motifs is 15. The smallest absolute Gasteiger partial charge is 0.0732 e. The predicted molar refractivity (Wildman–Crippen MR) is 255 cm³/mol. The topological polar surface area (TPSA) is 8.17 Å². The fraction of sp³-hybridized carbons (Fsp3) is 0.0169. The number of hydrogen-bond donors (Lipinski definition) is 0. The molecular weight excluding hydrogens is 737 g/mol. The van der Waals surface area contributed by atoms with Crippen molar-refractivity contribution in [3.63, 3.8) is 0 Å². The van der Waals surface area contributed by atoms with Gasteiger partial charge in [-0.15, -0.1) is 0 Å². The Labute approximate surface area is 354 Å². The summed E-state index contributed by atoms with van der Waals surface area (Å²) in [6.45, 7) is 0. The summed E-state index contributed by atoms with van der Waals surface area (Å²) in [4.78, 5) is 2.50. The molecule has 61 heavy (non-hydrogen) atoms. The minimum atomic E-state index is -0.511. The van der Waals surface area contributed by atoms with Crippen LogP contribution in [0.5, 0.6) is 0 Å². The summed E-state index contributed by atoms with van der Waals surface area (Å²) in [7, 11) is 0. The molecule has 0 fully saturated rings. The molecule has 0 saturated heterocycles. The van der Waals surface area contributed by atoms with Gasteiger partial charge in [0.15, 0.2) is 0 Å². The second-order valence-electron chi connectivity index (χ2n) is 16.4. The average molecular weight is 775 g/mol. The maximum Gasteiger partial charge on any atom is 0.0732 e. The minimum Gasteiger partial charge on any atom is -0.310 e. The van der Waals surface area contributed by atoms with Gasteiger partial charge in [-0.2, -0.15) is 0 Å². The van der Waals surface area contributed by atoms with Gasteiger partial charge in [-0.3, -0.25) is 0 Å². The Morgan fingerprint density at radius 3 is 1.69 bits per heavy atom. The third-order valence-corrected chi connectivity index (χ3v) is 13.4. The van der Waals surface area contributed by atoms with Gasteiger partial charge < -0.3 is 9.47 Å². The van der Waals surface area contributed by atoms with Crippen molar-refractivity contribution in [2.45, 2.75) is 5.41 Å². The lowest BCUT2D eigenvalue weighted by atomic mass is 9.69. The van der Waals surface area contributed by atoms with E-state index in [0.717, 1.165) is 22.7 Å². The molecule has 0 N–H and O–H groups in total. The number of nitrogens with zero attached hydrogens (tertiary/aromatic N) is 2. The average Bonchev–Trinajstić information content (AvgIpc) is 3.94. The molecule has 0 atom stereocenters. The highest BCUT2D eigenvalue weighted by atomic mass is 15.1. The van der Waals surface area contributed by atoms with Crippen LogP contribution in [-0.4, -0.2) is 4.57 Å². The summed E-state index contributed by atoms with van der Waals surface area (Å²) in [6, 6.07) is 85.4. The fourth-order valence-electron chi connectivity index (χ4n) is 11.0. The molecule has 2 nitrogen and oxygen atoms in total. The van der Waals surface area contributed by atoms with Gasteiger partial charge in [0.1, 0.15) is 0 Å². The first kappa shape index (κ1) is 34.0. The molecule has 1 heterocycles. The van der Waals surface area contributed by atoms with Crippen molar-refractivity contribution in [2.75, 3.05) is 4.90 Å². The Morgan fingerprint density at radius 2 is 0.902 bits per heavy atom. The number of aromatic nitrogens is 1. The van der Waals surface area contributed by atoms with E-state index in [0.29, 0.717) is 0 Å². The zero-order valence-electron chi connectivity index (χ0n) is 33.3. The standard InChI is InChI=1S/C59H38N2/c1-3-17-39(18-4-1)44-22-11-15-29-55(44)60(43-33-36-50-49-26-12-16-30-56(49)61(57(50)38-43)41-20-5-2-6-21-41)42-32-35-48-51-34-31-40-19-7-8-23-45(40)58(51)59(54(48)37-42)52-27-13-9-24-46(52)47-25-10-14-28-53(47)59/h1-38H. The van der Waals surface area contributed by atoms with Gasteiger partial charge in [-0.05, 0) is 109 Å². The first-order valence-electron chi connectivity index (χ1n) is 21.2. The van der Waals surface area contributed by atoms with Crippen molar-refractivity contribution in [3.05, 3.63) is 253 Å². The normalized spacial score (nSPS) is 13.0. The molecule has 0 unspecified atom stereocenters. The highest BCUT2D eigenvalue weighted by molar-refractivity contribution is 6.11. The Hall–Kier alpha value is -7.94. The van der Waals surface area contributed by atoms with Crippen molar-refractivity contribution < 1.29 is 0 Å². The van der Waals surface area contributed by atoms with E-state index in [9.17, 15) is 0 Å². The van der Waals surface area contributed by atoms with Gasteiger partial charge in [0.05, 0.1) is 22.1 Å². The number of rotatable bonds is 5. The Kier molecular flexibility index (Phi) is 7.26. The summed E-state index contributed by atoms with van der Waals surface area (Å²) in [5.41, 5.74) is 19.3. The second-order valence-corrected chi connectivity index (χ2v) is 16.4. The number of anilines is 3. The van der Waals surface area contributed by atoms with Crippen LogP contribution in [0.2, 0.25) is 0 Å². The van der Waals surface area contributed by atoms with Crippen LogP contribution in [0.15, 0.2) is 231 Å². The monoisotopic (exact) mass is 774 g/mol. The molecule has 2 heteroatoms. The summed E-state index contributed by atoms with van der Waals surface area (Å²) in [5, 5.41) is 5.03. The minimum absolute atomic E-state index is 0.511. The van der Waals surface area contributed by atoms with E-state index in [1.807, 2.05) is 0 Å². The zero-order chi connectivity index (χ0) is 40.1. The lowest BCUT2D eigenvalue weighted by Crippen LogP contribution is -2.26. The van der Waals surface area contributed by atoms with Crippen molar-refractivity contribution in [1.29, 1.82) is 0 Å². The molecule has 284 valence electrons. The molecule has 2 aliphatic carbocycles. The molecule has 0 bridgehead atoms. The third kappa shape index (κ3) is 4.73. The summed E-state index contributed by atoms with van der Waals surface area (Å²) >= 11 is 0. The van der Waals surface area contributed by atoms with Crippen LogP contribution < -0.4 is 4.90 Å². The molecule has 13 rings (SSSR count). The number of benzene rings is 10. The third-order valence-electron chi connectivity index (χ3n) is 13.4. The van der Waals surface area contributed by atoms with Crippen LogP contribution in [0, 0.1) is 0 Å². The van der Waals surface area contributed by atoms with E-state index in [-0.39, 0.29) is 0 Å². The van der Waals surface area contributed by atoms with E-state index in [1.54, 1.807) is 0 Å². The van der Waals surface area contributed by atoms with Crippen LogP contribution in [0.1, 0.15) is 22.3 Å². The van der Waals surface area contributed by atoms with E-state index >= 15 is 0 Å². The summed E-state index contributed by atoms with van der Waals surface area (Å²) in [5.74, 6) is 0. The highest BCUT2D eigenvalue weighted by Crippen LogP contribution is 2.64. The first-order valence-corrected chi connectivity index (χ1v) is 21.2. The first-order chi connectivity index (χ1) is 30.3. The van der Waals surface area contributed by atoms with Crippen LogP contribution in [-0.2, 0) is 5.41 Å². The van der Waals surface area contributed by atoms with Gasteiger partial charge in [0.25, 0.3) is 0 Å². The highest BCUT2D eigenvalue weighted by Gasteiger charge is 2.52. The summed E-state index contributed by atoms with van der Waals surface area (Å²) in [6.07, 6.45) is 0. The molecule has 0 aliphatic heterocycles. The Bertz CT molecular complexity index is 3500. The Balaban J connectivity index is 1.13. The molecular formula is C59H38N2. The molecule has 1 spiro atoms. The van der Waals surface area contributed by atoms with Crippen molar-refractivity contribution in [3.8, 4) is 39.1 Å². The maximum absolute atomic E-state index is 2.52. The Morgan fingerprint density at radius 1 is 0.344 bits per heavy atom. The van der Waals surface area contributed by atoms with Gasteiger partial charge in [0.2, 0.25) is 0 Å². The molecule has 0 radical (unpaired) electrons. The van der Waals surface area contributed by atoms with Gasteiger partial charge in [-0.25, -0.2) is 0 Å². The fourth-order valence-corrected chi connectivity index (χ4v) is 11.0. The summed E-state index contributed by atoms with van der Waals surface area (Å²) < 4.78 is 2.42. The largest absolute Gasteiger partial charge is 0.310 e. The second kappa shape index (κ2) is 13.0. The van der Waals surface area contributed by atoms with Crippen molar-refractivity contribution >= 4 is 49.6 Å².